The van der Waals surface area contributed by atoms with Crippen molar-refractivity contribution in [3.8, 4) is 0 Å². The lowest BCUT2D eigenvalue weighted by atomic mass is 10.1. The minimum Gasteiger partial charge on any atom is -0.367 e. The molecular weight excluding hydrogens is 430 g/mol. The van der Waals surface area contributed by atoms with Crippen LogP contribution in [0.1, 0.15) is 5.56 Å². The number of carbonyl (C=O) groups excluding carboxylic acids is 3. The first kappa shape index (κ1) is 17.8. The fourth-order valence-corrected chi connectivity index (χ4v) is 4.21. The summed E-state index contributed by atoms with van der Waals surface area (Å²) in [6.45, 7) is 0.0365. The molecule has 0 radical (unpaired) electrons. The molecule has 0 atom stereocenters. The van der Waals surface area contributed by atoms with Gasteiger partial charge in [0.1, 0.15) is 0 Å². The summed E-state index contributed by atoms with van der Waals surface area (Å²) in [5.41, 5.74) is 2.49. The molecule has 0 spiro atoms. The number of nitrogens with zero attached hydrogens (tertiary/aromatic N) is 2. The molecule has 3 amide bonds. The van der Waals surface area contributed by atoms with E-state index in [0.29, 0.717) is 11.1 Å². The maximum Gasteiger partial charge on any atom is 0.295 e. The Hall–Kier alpha value is -2.58. The van der Waals surface area contributed by atoms with Crippen LogP contribution in [0.2, 0.25) is 0 Å². The van der Waals surface area contributed by atoms with Gasteiger partial charge in [-0.05, 0) is 42.1 Å². The highest BCUT2D eigenvalue weighted by Crippen LogP contribution is 2.43. The Labute approximate surface area is 168 Å². The Morgan fingerprint density at radius 1 is 1.00 bits per heavy atom. The normalized spacial score (nSPS) is 19.1. The monoisotopic (exact) mass is 443 g/mol. The third kappa shape index (κ3) is 3.04. The number of hydrogen-bond acceptors (Lipinski definition) is 5. The SMILES string of the molecule is CN1C(=O)/C(=C2\SC(=O)N(CNc3ccc(Br)cc3)C2=O)c2ccccc21. The standard InChI is InChI=1S/C19H14BrN3O3S/c1-22-14-5-3-2-4-13(14)15(17(22)24)16-18(25)23(19(26)27-16)10-21-12-8-6-11(20)7-9-12/h2-9,21H,10H2,1H3/b16-15-. The number of para-hydroxylation sites is 1. The van der Waals surface area contributed by atoms with Gasteiger partial charge in [0.2, 0.25) is 0 Å². The largest absolute Gasteiger partial charge is 0.367 e. The summed E-state index contributed by atoms with van der Waals surface area (Å²) >= 11 is 4.17. The Balaban J connectivity index is 1.62. The molecule has 6 nitrogen and oxygen atoms in total. The van der Waals surface area contributed by atoms with Crippen molar-refractivity contribution in [2.45, 2.75) is 0 Å². The van der Waals surface area contributed by atoms with E-state index in [1.165, 1.54) is 4.90 Å². The van der Waals surface area contributed by atoms with E-state index < -0.39 is 11.1 Å². The molecule has 1 N–H and O–H groups in total. The van der Waals surface area contributed by atoms with Gasteiger partial charge < -0.3 is 10.2 Å². The summed E-state index contributed by atoms with van der Waals surface area (Å²) in [6.07, 6.45) is 0. The molecule has 0 bridgehead atoms. The third-order valence-electron chi connectivity index (χ3n) is 4.41. The van der Waals surface area contributed by atoms with Crippen molar-refractivity contribution in [2.24, 2.45) is 0 Å². The molecule has 0 saturated carbocycles. The molecular formula is C19H14BrN3O3S. The molecule has 1 saturated heterocycles. The molecule has 4 rings (SSSR count). The van der Waals surface area contributed by atoms with E-state index in [2.05, 4.69) is 21.2 Å². The number of fused-ring (bicyclic) bond motifs is 1. The smallest absolute Gasteiger partial charge is 0.295 e. The van der Waals surface area contributed by atoms with Crippen LogP contribution in [0.5, 0.6) is 0 Å². The number of likely N-dealkylation sites (N-methyl/N-ethyl adjacent to an activating group) is 1. The van der Waals surface area contributed by atoms with Crippen LogP contribution in [0.3, 0.4) is 0 Å². The van der Waals surface area contributed by atoms with Crippen molar-refractivity contribution in [2.75, 3.05) is 23.9 Å². The predicted molar refractivity (Wildman–Crippen MR) is 109 cm³/mol. The summed E-state index contributed by atoms with van der Waals surface area (Å²) in [6, 6.07) is 14.7. The number of rotatable bonds is 3. The molecule has 2 aliphatic heterocycles. The first-order chi connectivity index (χ1) is 13.0. The van der Waals surface area contributed by atoms with E-state index in [-0.39, 0.29) is 17.5 Å². The third-order valence-corrected chi connectivity index (χ3v) is 5.92. The highest BCUT2D eigenvalue weighted by atomic mass is 79.9. The Morgan fingerprint density at radius 3 is 2.44 bits per heavy atom. The first-order valence-electron chi connectivity index (χ1n) is 8.12. The summed E-state index contributed by atoms with van der Waals surface area (Å²) in [5.74, 6) is -0.731. The van der Waals surface area contributed by atoms with E-state index in [4.69, 9.17) is 0 Å². The van der Waals surface area contributed by atoms with E-state index in [1.54, 1.807) is 13.1 Å². The van der Waals surface area contributed by atoms with E-state index in [1.807, 2.05) is 42.5 Å². The minimum absolute atomic E-state index is 0.0365. The van der Waals surface area contributed by atoms with Gasteiger partial charge in [0.15, 0.2) is 0 Å². The van der Waals surface area contributed by atoms with Crippen molar-refractivity contribution >= 4 is 61.7 Å². The summed E-state index contributed by atoms with van der Waals surface area (Å²) in [7, 11) is 1.66. The number of thioether (sulfide) groups is 1. The van der Waals surface area contributed by atoms with Crippen LogP contribution in [-0.2, 0) is 9.59 Å². The van der Waals surface area contributed by atoms with Gasteiger partial charge in [0.05, 0.1) is 22.8 Å². The van der Waals surface area contributed by atoms with Gasteiger partial charge in [-0.25, -0.2) is 0 Å². The van der Waals surface area contributed by atoms with Gasteiger partial charge in [-0.3, -0.25) is 19.3 Å². The van der Waals surface area contributed by atoms with Crippen molar-refractivity contribution in [1.29, 1.82) is 0 Å². The molecule has 2 heterocycles. The topological polar surface area (TPSA) is 69.7 Å². The highest BCUT2D eigenvalue weighted by Gasteiger charge is 2.42. The van der Waals surface area contributed by atoms with E-state index in [0.717, 1.165) is 32.5 Å². The van der Waals surface area contributed by atoms with Crippen LogP contribution >= 0.6 is 27.7 Å². The lowest BCUT2D eigenvalue weighted by Gasteiger charge is -2.14. The van der Waals surface area contributed by atoms with Crippen molar-refractivity contribution in [3.05, 3.63) is 63.5 Å². The second kappa shape index (κ2) is 6.86. The Kier molecular flexibility index (Phi) is 4.53. The molecule has 27 heavy (non-hydrogen) atoms. The molecule has 0 unspecified atom stereocenters. The van der Waals surface area contributed by atoms with Crippen molar-refractivity contribution in [3.63, 3.8) is 0 Å². The molecule has 2 aromatic carbocycles. The number of imide groups is 1. The molecule has 2 aromatic rings. The van der Waals surface area contributed by atoms with Crippen LogP contribution in [0.25, 0.3) is 5.57 Å². The number of nitrogens with one attached hydrogen (secondary N) is 1. The second-order valence-electron chi connectivity index (χ2n) is 6.03. The summed E-state index contributed by atoms with van der Waals surface area (Å²) in [5, 5.41) is 2.66. The lowest BCUT2D eigenvalue weighted by Crippen LogP contribution is -2.33. The zero-order valence-electron chi connectivity index (χ0n) is 14.2. The van der Waals surface area contributed by atoms with Gasteiger partial charge in [-0.2, -0.15) is 0 Å². The second-order valence-corrected chi connectivity index (χ2v) is 7.91. The maximum absolute atomic E-state index is 12.8. The number of anilines is 2. The molecule has 1 fully saturated rings. The lowest BCUT2D eigenvalue weighted by molar-refractivity contribution is -0.122. The number of amides is 3. The Morgan fingerprint density at radius 2 is 1.70 bits per heavy atom. The van der Waals surface area contributed by atoms with Crippen LogP contribution in [-0.4, -0.2) is 35.7 Å². The van der Waals surface area contributed by atoms with Crippen LogP contribution in [0.4, 0.5) is 16.2 Å². The molecule has 0 aliphatic carbocycles. The van der Waals surface area contributed by atoms with Gasteiger partial charge in [-0.15, -0.1) is 0 Å². The minimum atomic E-state index is -0.455. The quantitative estimate of drug-likeness (QED) is 0.728. The van der Waals surface area contributed by atoms with Gasteiger partial charge in [0, 0.05) is 22.8 Å². The predicted octanol–water partition coefficient (Wildman–Crippen LogP) is 3.90. The number of benzene rings is 2. The van der Waals surface area contributed by atoms with Crippen LogP contribution in [0.15, 0.2) is 57.9 Å². The molecule has 136 valence electrons. The fraction of sp³-hybridized carbons (Fsp3) is 0.105. The van der Waals surface area contributed by atoms with E-state index >= 15 is 0 Å². The van der Waals surface area contributed by atoms with Crippen LogP contribution < -0.4 is 10.2 Å². The van der Waals surface area contributed by atoms with Gasteiger partial charge in [-0.1, -0.05) is 34.1 Å². The van der Waals surface area contributed by atoms with Gasteiger partial charge >= 0.3 is 0 Å². The molecule has 0 aromatic heterocycles. The number of hydrogen-bond donors (Lipinski definition) is 1. The maximum atomic E-state index is 12.8. The fourth-order valence-electron chi connectivity index (χ4n) is 3.01. The van der Waals surface area contributed by atoms with Gasteiger partial charge in [0.25, 0.3) is 17.1 Å². The summed E-state index contributed by atoms with van der Waals surface area (Å²) in [4.78, 5) is 40.7. The average molecular weight is 444 g/mol. The number of halogens is 1. The van der Waals surface area contributed by atoms with Crippen molar-refractivity contribution < 1.29 is 14.4 Å². The molecule has 8 heteroatoms. The zero-order valence-corrected chi connectivity index (χ0v) is 16.6. The average Bonchev–Trinajstić information content (AvgIpc) is 3.08. The van der Waals surface area contributed by atoms with Crippen molar-refractivity contribution in [1.82, 2.24) is 4.90 Å². The van der Waals surface area contributed by atoms with E-state index in [9.17, 15) is 14.4 Å². The van der Waals surface area contributed by atoms with Crippen LogP contribution in [0, 0.1) is 0 Å². The zero-order chi connectivity index (χ0) is 19.1. The highest BCUT2D eigenvalue weighted by molar-refractivity contribution is 9.10. The number of carbonyl (C=O) groups is 3. The molecule has 2 aliphatic rings. The first-order valence-corrected chi connectivity index (χ1v) is 9.73. The summed E-state index contributed by atoms with van der Waals surface area (Å²) < 4.78 is 0.937. The Bertz CT molecular complexity index is 1000.